The van der Waals surface area contributed by atoms with Gasteiger partial charge in [0, 0.05) is 17.6 Å². The fourth-order valence-electron chi connectivity index (χ4n) is 2.16. The smallest absolute Gasteiger partial charge is 0.408 e. The van der Waals surface area contributed by atoms with Gasteiger partial charge >= 0.3 is 6.09 Å². The van der Waals surface area contributed by atoms with Gasteiger partial charge in [-0.05, 0) is 58.9 Å². The van der Waals surface area contributed by atoms with Crippen LogP contribution in [0.15, 0.2) is 24.3 Å². The van der Waals surface area contributed by atoms with Gasteiger partial charge in [-0.1, -0.05) is 0 Å². The first-order valence-electron chi connectivity index (χ1n) is 7.86. The predicted molar refractivity (Wildman–Crippen MR) is 94.1 cm³/mol. The number of hydrogen-bond acceptors (Lipinski definition) is 5. The summed E-state index contributed by atoms with van der Waals surface area (Å²) in [5, 5.41) is 15.3. The van der Waals surface area contributed by atoms with E-state index in [1.54, 1.807) is 7.11 Å². The molecule has 1 rings (SSSR count). The van der Waals surface area contributed by atoms with E-state index in [1.165, 1.54) is 0 Å². The lowest BCUT2D eigenvalue weighted by molar-refractivity contribution is 0.0467. The second-order valence-electron chi connectivity index (χ2n) is 7.27. The van der Waals surface area contributed by atoms with E-state index in [1.807, 2.05) is 58.9 Å². The molecule has 1 unspecified atom stereocenters. The zero-order valence-corrected chi connectivity index (χ0v) is 15.3. The van der Waals surface area contributed by atoms with Crippen molar-refractivity contribution >= 4 is 11.8 Å². The first-order valence-corrected chi connectivity index (χ1v) is 7.86. The van der Waals surface area contributed by atoms with Gasteiger partial charge in [0.15, 0.2) is 0 Å². The highest BCUT2D eigenvalue weighted by atomic mass is 16.6. The summed E-state index contributed by atoms with van der Waals surface area (Å²) in [6.07, 6.45) is -0.0666. The Morgan fingerprint density at radius 2 is 1.79 bits per heavy atom. The number of methoxy groups -OCH3 is 1. The summed E-state index contributed by atoms with van der Waals surface area (Å²) in [5.41, 5.74) is -0.339. The molecule has 0 saturated heterocycles. The molecule has 1 aromatic carbocycles. The summed E-state index contributed by atoms with van der Waals surface area (Å²) in [4.78, 5) is 11.9. The van der Waals surface area contributed by atoms with Gasteiger partial charge < -0.3 is 20.1 Å². The summed E-state index contributed by atoms with van der Waals surface area (Å²) >= 11 is 0. The van der Waals surface area contributed by atoms with Crippen molar-refractivity contribution in [2.24, 2.45) is 0 Å². The van der Waals surface area contributed by atoms with E-state index in [2.05, 4.69) is 16.7 Å². The fraction of sp³-hybridized carbons (Fsp3) is 0.556. The molecule has 1 atom stereocenters. The van der Waals surface area contributed by atoms with E-state index in [-0.39, 0.29) is 0 Å². The fourth-order valence-corrected chi connectivity index (χ4v) is 2.16. The molecule has 132 valence electrons. The Labute approximate surface area is 144 Å². The van der Waals surface area contributed by atoms with Gasteiger partial charge in [-0.15, -0.1) is 0 Å². The Hall–Kier alpha value is -2.42. The molecular formula is C18H27N3O3. The minimum atomic E-state index is -0.595. The standard InChI is InChI=1S/C18H27N3O3/c1-17(2,3)24-16(22)21-18(4,5)11-14(12-19)20-13-7-9-15(23-6)10-8-13/h7-10,14,20H,11H2,1-6H3,(H,21,22). The third kappa shape index (κ3) is 7.23. The largest absolute Gasteiger partial charge is 0.497 e. The number of nitrogens with zero attached hydrogens (tertiary/aromatic N) is 1. The number of anilines is 1. The highest BCUT2D eigenvalue weighted by Crippen LogP contribution is 2.19. The van der Waals surface area contributed by atoms with Gasteiger partial charge in [0.2, 0.25) is 0 Å². The maximum absolute atomic E-state index is 11.9. The topological polar surface area (TPSA) is 83.4 Å². The second kappa shape index (κ2) is 7.91. The number of hydrogen-bond donors (Lipinski definition) is 2. The lowest BCUT2D eigenvalue weighted by Gasteiger charge is -2.30. The van der Waals surface area contributed by atoms with Crippen molar-refractivity contribution < 1.29 is 14.3 Å². The third-order valence-electron chi connectivity index (χ3n) is 3.14. The Bertz CT molecular complexity index is 583. The lowest BCUT2D eigenvalue weighted by atomic mass is 9.95. The lowest BCUT2D eigenvalue weighted by Crippen LogP contribution is -2.48. The van der Waals surface area contributed by atoms with Crippen LogP contribution in [0.25, 0.3) is 0 Å². The summed E-state index contributed by atoms with van der Waals surface area (Å²) < 4.78 is 10.4. The molecule has 0 aliphatic carbocycles. The summed E-state index contributed by atoms with van der Waals surface area (Å²) in [6, 6.07) is 9.10. The van der Waals surface area contributed by atoms with Crippen molar-refractivity contribution in [3.63, 3.8) is 0 Å². The molecule has 0 spiro atoms. The number of amides is 1. The van der Waals surface area contributed by atoms with Crippen LogP contribution in [0, 0.1) is 11.3 Å². The minimum absolute atomic E-state index is 0.425. The van der Waals surface area contributed by atoms with Gasteiger partial charge in [-0.3, -0.25) is 0 Å². The zero-order valence-electron chi connectivity index (χ0n) is 15.3. The second-order valence-corrected chi connectivity index (χ2v) is 7.27. The SMILES string of the molecule is COc1ccc(NC(C#N)CC(C)(C)NC(=O)OC(C)(C)C)cc1. The summed E-state index contributed by atoms with van der Waals surface area (Å²) in [6.45, 7) is 9.14. The first kappa shape index (κ1) is 19.6. The highest BCUT2D eigenvalue weighted by molar-refractivity contribution is 5.68. The first-order chi connectivity index (χ1) is 11.0. The Kier molecular flexibility index (Phi) is 6.47. The molecule has 0 aliphatic rings. The Balaban J connectivity index is 2.65. The normalized spacial score (nSPS) is 12.7. The molecule has 0 fully saturated rings. The minimum Gasteiger partial charge on any atom is -0.497 e. The van der Waals surface area contributed by atoms with Crippen molar-refractivity contribution in [3.8, 4) is 11.8 Å². The molecule has 0 bridgehead atoms. The molecule has 0 aliphatic heterocycles. The van der Waals surface area contributed by atoms with E-state index in [4.69, 9.17) is 9.47 Å². The van der Waals surface area contributed by atoms with Crippen molar-refractivity contribution in [3.05, 3.63) is 24.3 Å². The van der Waals surface area contributed by atoms with E-state index in [0.717, 1.165) is 11.4 Å². The molecule has 1 amide bonds. The van der Waals surface area contributed by atoms with Crippen LogP contribution in [0.2, 0.25) is 0 Å². The quantitative estimate of drug-likeness (QED) is 0.829. The molecule has 2 N–H and O–H groups in total. The van der Waals surface area contributed by atoms with Crippen LogP contribution in [-0.4, -0.2) is 30.4 Å². The molecule has 0 heterocycles. The van der Waals surface area contributed by atoms with Gasteiger partial charge in [-0.25, -0.2) is 4.79 Å². The highest BCUT2D eigenvalue weighted by Gasteiger charge is 2.27. The number of benzene rings is 1. The van der Waals surface area contributed by atoms with Crippen LogP contribution in [0.5, 0.6) is 5.75 Å². The maximum Gasteiger partial charge on any atom is 0.408 e. The number of rotatable bonds is 6. The number of nitriles is 1. The Morgan fingerprint density at radius 3 is 2.25 bits per heavy atom. The monoisotopic (exact) mass is 333 g/mol. The van der Waals surface area contributed by atoms with E-state index in [0.29, 0.717) is 6.42 Å². The van der Waals surface area contributed by atoms with Gasteiger partial charge in [0.05, 0.1) is 13.2 Å². The summed E-state index contributed by atoms with van der Waals surface area (Å²) in [5.74, 6) is 0.751. The van der Waals surface area contributed by atoms with Gasteiger partial charge in [0.1, 0.15) is 17.4 Å². The number of carbonyl (C=O) groups is 1. The van der Waals surface area contributed by atoms with Crippen LogP contribution in [0.4, 0.5) is 10.5 Å². The van der Waals surface area contributed by atoms with E-state index in [9.17, 15) is 10.1 Å². The van der Waals surface area contributed by atoms with Gasteiger partial charge in [-0.2, -0.15) is 5.26 Å². The molecular weight excluding hydrogens is 306 g/mol. The average molecular weight is 333 g/mol. The van der Waals surface area contributed by atoms with Crippen molar-refractivity contribution in [1.82, 2.24) is 5.32 Å². The molecule has 24 heavy (non-hydrogen) atoms. The van der Waals surface area contributed by atoms with E-state index >= 15 is 0 Å². The Morgan fingerprint density at radius 1 is 1.21 bits per heavy atom. The van der Waals surface area contributed by atoms with E-state index < -0.39 is 23.3 Å². The number of nitrogens with one attached hydrogen (secondary N) is 2. The number of carbonyl (C=O) groups excluding carboxylic acids is 1. The van der Waals surface area contributed by atoms with Crippen molar-refractivity contribution in [2.75, 3.05) is 12.4 Å². The van der Waals surface area contributed by atoms with Crippen LogP contribution < -0.4 is 15.4 Å². The van der Waals surface area contributed by atoms with Crippen LogP contribution in [0.3, 0.4) is 0 Å². The number of ether oxygens (including phenoxy) is 2. The van der Waals surface area contributed by atoms with Crippen LogP contribution in [-0.2, 0) is 4.74 Å². The van der Waals surface area contributed by atoms with Crippen LogP contribution in [0.1, 0.15) is 41.0 Å². The predicted octanol–water partition coefficient (Wildman–Crippen LogP) is 3.69. The molecule has 1 aromatic rings. The summed E-state index contributed by atoms with van der Waals surface area (Å²) in [7, 11) is 1.60. The zero-order chi connectivity index (χ0) is 18.4. The average Bonchev–Trinajstić information content (AvgIpc) is 2.44. The molecule has 0 saturated carbocycles. The van der Waals surface area contributed by atoms with Crippen LogP contribution >= 0.6 is 0 Å². The van der Waals surface area contributed by atoms with Crippen molar-refractivity contribution in [1.29, 1.82) is 5.26 Å². The maximum atomic E-state index is 11.9. The number of alkyl carbamates (subject to hydrolysis) is 1. The molecule has 6 nitrogen and oxygen atoms in total. The van der Waals surface area contributed by atoms with Gasteiger partial charge in [0.25, 0.3) is 0 Å². The van der Waals surface area contributed by atoms with Crippen molar-refractivity contribution in [2.45, 2.75) is 58.2 Å². The molecule has 6 heteroatoms. The third-order valence-corrected chi connectivity index (χ3v) is 3.14. The molecule has 0 radical (unpaired) electrons. The molecule has 0 aromatic heterocycles.